The van der Waals surface area contributed by atoms with E-state index in [-0.39, 0.29) is 12.0 Å². The van der Waals surface area contributed by atoms with Crippen LogP contribution in [0.3, 0.4) is 0 Å². The van der Waals surface area contributed by atoms with Gasteiger partial charge in [-0.25, -0.2) is 0 Å². The number of amides is 1. The van der Waals surface area contributed by atoms with Crippen LogP contribution in [0, 0.1) is 0 Å². The Morgan fingerprint density at radius 1 is 1.17 bits per heavy atom. The smallest absolute Gasteiger partial charge is 0.349 e. The minimum absolute atomic E-state index is 0.153. The summed E-state index contributed by atoms with van der Waals surface area (Å²) >= 11 is 11.9. The van der Waals surface area contributed by atoms with Gasteiger partial charge in [0.05, 0.1) is 18.0 Å². The molecule has 0 saturated carbocycles. The highest BCUT2D eigenvalue weighted by Gasteiger charge is 2.30. The van der Waals surface area contributed by atoms with Crippen LogP contribution in [-0.2, 0) is 17.4 Å². The van der Waals surface area contributed by atoms with Crippen molar-refractivity contribution < 1.29 is 18.0 Å². The number of alkyl halides is 3. The molecule has 0 radical (unpaired) electrons. The highest BCUT2D eigenvalue weighted by atomic mass is 35.5. The number of carbonyl (C=O) groups excluding carboxylic acids is 1. The normalized spacial score (nSPS) is 12.8. The van der Waals surface area contributed by atoms with E-state index in [2.05, 4.69) is 5.32 Å². The Kier molecular flexibility index (Phi) is 5.78. The Morgan fingerprint density at radius 2 is 1.88 bits per heavy atom. The van der Waals surface area contributed by atoms with Crippen molar-refractivity contribution in [3.05, 3.63) is 69.2 Å². The molecule has 1 amide bonds. The third-order valence-electron chi connectivity index (χ3n) is 3.43. The van der Waals surface area contributed by atoms with Gasteiger partial charge < -0.3 is 5.32 Å². The van der Waals surface area contributed by atoms with Crippen LogP contribution in [0.15, 0.2) is 42.5 Å². The van der Waals surface area contributed by atoms with E-state index < -0.39 is 23.7 Å². The van der Waals surface area contributed by atoms with Gasteiger partial charge in [-0.15, -0.1) is 0 Å². The molecule has 1 N–H and O–H groups in total. The van der Waals surface area contributed by atoms with Gasteiger partial charge in [0.1, 0.15) is 0 Å². The lowest BCUT2D eigenvalue weighted by molar-refractivity contribution is -0.137. The Labute approximate surface area is 147 Å². The fourth-order valence-electron chi connectivity index (χ4n) is 2.27. The molecule has 0 aliphatic heterocycles. The molecule has 2 rings (SSSR count). The maximum atomic E-state index is 12.7. The average molecular weight is 376 g/mol. The van der Waals surface area contributed by atoms with Crippen LogP contribution < -0.4 is 5.32 Å². The molecule has 128 valence electrons. The van der Waals surface area contributed by atoms with Crippen LogP contribution >= 0.6 is 23.2 Å². The summed E-state index contributed by atoms with van der Waals surface area (Å²) in [4.78, 5) is 12.1. The number of rotatable bonds is 4. The van der Waals surface area contributed by atoms with Crippen molar-refractivity contribution in [1.29, 1.82) is 0 Å². The molecule has 0 spiro atoms. The second-order valence-electron chi connectivity index (χ2n) is 5.33. The van der Waals surface area contributed by atoms with Gasteiger partial charge in [0.25, 0.3) is 0 Å². The van der Waals surface area contributed by atoms with Gasteiger partial charge in [-0.1, -0.05) is 47.5 Å². The maximum absolute atomic E-state index is 12.7. The molecule has 0 bridgehead atoms. The molecule has 0 aromatic heterocycles. The lowest BCUT2D eigenvalue weighted by Gasteiger charge is -2.16. The van der Waals surface area contributed by atoms with Gasteiger partial charge in [0.2, 0.25) is 5.91 Å². The Bertz CT molecular complexity index is 747. The summed E-state index contributed by atoms with van der Waals surface area (Å²) in [7, 11) is 0. The molecule has 0 fully saturated rings. The molecule has 0 unspecified atom stereocenters. The molecule has 24 heavy (non-hydrogen) atoms. The van der Waals surface area contributed by atoms with E-state index in [0.29, 0.717) is 15.6 Å². The van der Waals surface area contributed by atoms with Gasteiger partial charge in [-0.05, 0) is 36.2 Å². The molecular weight excluding hydrogens is 362 g/mol. The van der Waals surface area contributed by atoms with Crippen LogP contribution in [0.1, 0.15) is 29.7 Å². The van der Waals surface area contributed by atoms with Crippen LogP contribution in [0.5, 0.6) is 0 Å². The zero-order valence-electron chi connectivity index (χ0n) is 12.6. The van der Waals surface area contributed by atoms with Crippen molar-refractivity contribution in [2.45, 2.75) is 25.6 Å². The summed E-state index contributed by atoms with van der Waals surface area (Å²) in [5.41, 5.74) is 0.191. The van der Waals surface area contributed by atoms with E-state index in [1.165, 1.54) is 12.1 Å². The molecule has 7 heteroatoms. The van der Waals surface area contributed by atoms with Gasteiger partial charge in [-0.2, -0.15) is 13.2 Å². The molecule has 0 saturated heterocycles. The second kappa shape index (κ2) is 7.45. The quantitative estimate of drug-likeness (QED) is 0.757. The molecule has 2 aromatic rings. The second-order valence-corrected chi connectivity index (χ2v) is 6.17. The van der Waals surface area contributed by atoms with Crippen LogP contribution in [-0.4, -0.2) is 5.91 Å². The van der Waals surface area contributed by atoms with Crippen LogP contribution in [0.4, 0.5) is 13.2 Å². The van der Waals surface area contributed by atoms with Gasteiger partial charge in [0.15, 0.2) is 0 Å². The number of benzene rings is 2. The summed E-state index contributed by atoms with van der Waals surface area (Å²) in [6.45, 7) is 1.74. The highest BCUT2D eigenvalue weighted by Crippen LogP contribution is 2.30. The van der Waals surface area contributed by atoms with Crippen LogP contribution in [0.25, 0.3) is 0 Å². The van der Waals surface area contributed by atoms with E-state index in [0.717, 1.165) is 12.1 Å². The Morgan fingerprint density at radius 3 is 2.50 bits per heavy atom. The molecule has 2 aromatic carbocycles. The summed E-state index contributed by atoms with van der Waals surface area (Å²) in [5.74, 6) is -0.396. The monoisotopic (exact) mass is 375 g/mol. The number of hydrogen-bond acceptors (Lipinski definition) is 1. The first kappa shape index (κ1) is 18.6. The Hall–Kier alpha value is -1.72. The van der Waals surface area contributed by atoms with Crippen molar-refractivity contribution in [3.63, 3.8) is 0 Å². The molecule has 0 heterocycles. The van der Waals surface area contributed by atoms with Crippen molar-refractivity contribution in [2.24, 2.45) is 0 Å². The minimum Gasteiger partial charge on any atom is -0.349 e. The summed E-state index contributed by atoms with van der Waals surface area (Å²) in [5, 5.41) is 3.60. The standard InChI is InChI=1S/C17H14Cl2F3NO/c1-10(14-6-5-13(18)9-15(14)19)23-16(24)8-11-3-2-4-12(7-11)17(20,21)22/h2-7,9-10H,8H2,1H3,(H,23,24)/t10-/m0/s1. The number of halogens is 5. The first-order valence-corrected chi connectivity index (χ1v) is 7.83. The van der Waals surface area contributed by atoms with E-state index in [1.54, 1.807) is 25.1 Å². The zero-order chi connectivity index (χ0) is 17.9. The van der Waals surface area contributed by atoms with E-state index in [4.69, 9.17) is 23.2 Å². The fraction of sp³-hybridized carbons (Fsp3) is 0.235. The predicted molar refractivity (Wildman–Crippen MR) is 88.2 cm³/mol. The summed E-state index contributed by atoms with van der Waals surface area (Å²) in [6, 6.07) is 9.22. The number of hydrogen-bond donors (Lipinski definition) is 1. The number of nitrogens with one attached hydrogen (secondary N) is 1. The maximum Gasteiger partial charge on any atom is 0.416 e. The summed E-state index contributed by atoms with van der Waals surface area (Å²) < 4.78 is 38.1. The number of carbonyl (C=O) groups is 1. The van der Waals surface area contributed by atoms with Crippen LogP contribution in [0.2, 0.25) is 10.0 Å². The topological polar surface area (TPSA) is 29.1 Å². The third-order valence-corrected chi connectivity index (χ3v) is 3.99. The lowest BCUT2D eigenvalue weighted by Crippen LogP contribution is -2.28. The Balaban J connectivity index is 2.05. The third kappa shape index (κ3) is 4.89. The van der Waals surface area contributed by atoms with E-state index in [9.17, 15) is 18.0 Å². The highest BCUT2D eigenvalue weighted by molar-refractivity contribution is 6.35. The fourth-order valence-corrected chi connectivity index (χ4v) is 2.84. The molecule has 2 nitrogen and oxygen atoms in total. The van der Waals surface area contributed by atoms with E-state index >= 15 is 0 Å². The average Bonchev–Trinajstić information content (AvgIpc) is 2.46. The first-order chi connectivity index (χ1) is 11.2. The van der Waals surface area contributed by atoms with Gasteiger partial charge in [-0.3, -0.25) is 4.79 Å². The largest absolute Gasteiger partial charge is 0.416 e. The predicted octanol–water partition coefficient (Wildman–Crippen LogP) is 5.43. The van der Waals surface area contributed by atoms with Crippen molar-refractivity contribution in [3.8, 4) is 0 Å². The summed E-state index contributed by atoms with van der Waals surface area (Å²) in [6.07, 6.45) is -4.59. The molecule has 0 aliphatic carbocycles. The molecule has 0 aliphatic rings. The first-order valence-electron chi connectivity index (χ1n) is 7.07. The minimum atomic E-state index is -4.43. The van der Waals surface area contributed by atoms with Crippen molar-refractivity contribution in [1.82, 2.24) is 5.32 Å². The molecular formula is C17H14Cl2F3NO. The van der Waals surface area contributed by atoms with Gasteiger partial charge in [0, 0.05) is 10.0 Å². The van der Waals surface area contributed by atoms with Crippen molar-refractivity contribution in [2.75, 3.05) is 0 Å². The van der Waals surface area contributed by atoms with Crippen molar-refractivity contribution >= 4 is 29.1 Å². The van der Waals surface area contributed by atoms with Gasteiger partial charge >= 0.3 is 6.18 Å². The SMILES string of the molecule is C[C@H](NC(=O)Cc1cccc(C(F)(F)F)c1)c1ccc(Cl)cc1Cl. The zero-order valence-corrected chi connectivity index (χ0v) is 14.1. The lowest BCUT2D eigenvalue weighted by atomic mass is 10.1. The molecule has 1 atom stereocenters. The van der Waals surface area contributed by atoms with E-state index in [1.807, 2.05) is 0 Å².